The van der Waals surface area contributed by atoms with E-state index >= 15 is 0 Å². The van der Waals surface area contributed by atoms with E-state index in [1.807, 2.05) is 30.3 Å². The van der Waals surface area contributed by atoms with Crippen molar-refractivity contribution in [2.75, 3.05) is 26.4 Å². The first-order valence-electron chi connectivity index (χ1n) is 7.31. The molecule has 0 aliphatic carbocycles. The number of hydrogen-bond donors (Lipinski definition) is 0. The van der Waals surface area contributed by atoms with Crippen LogP contribution in [0.3, 0.4) is 0 Å². The summed E-state index contributed by atoms with van der Waals surface area (Å²) in [4.78, 5) is 30.0. The van der Waals surface area contributed by atoms with Crippen molar-refractivity contribution in [1.82, 2.24) is 0 Å². The van der Waals surface area contributed by atoms with Gasteiger partial charge >= 0.3 is 11.9 Å². The number of esters is 2. The lowest BCUT2D eigenvalue weighted by Gasteiger charge is -2.41. The fourth-order valence-corrected chi connectivity index (χ4v) is 2.64. The molecule has 0 aromatic heterocycles. The number of rotatable bonds is 5. The number of hydrogen-bond acceptors (Lipinski definition) is 7. The van der Waals surface area contributed by atoms with E-state index in [0.717, 1.165) is 5.69 Å². The fraction of sp³-hybridized carbons (Fsp3) is 0.500. The molecule has 23 heavy (non-hydrogen) atoms. The molecule has 2 atom stereocenters. The van der Waals surface area contributed by atoms with Gasteiger partial charge in [-0.2, -0.15) is 0 Å². The minimum atomic E-state index is -1.09. The van der Waals surface area contributed by atoms with E-state index in [-0.39, 0.29) is 0 Å². The smallest absolute Gasteiger partial charge is 0.322 e. The highest BCUT2D eigenvalue weighted by molar-refractivity contribution is 5.96. The van der Waals surface area contributed by atoms with Crippen LogP contribution in [0.4, 0.5) is 5.69 Å². The first kappa shape index (κ1) is 17.2. The molecular weight excluding hydrogens is 302 g/mol. The van der Waals surface area contributed by atoms with Crippen molar-refractivity contribution in [1.29, 1.82) is 0 Å². The highest BCUT2D eigenvalue weighted by atomic mass is 16.8. The van der Waals surface area contributed by atoms with Gasteiger partial charge in [0.15, 0.2) is 12.2 Å². The molecule has 1 saturated heterocycles. The highest BCUT2D eigenvalue weighted by Crippen LogP contribution is 2.32. The van der Waals surface area contributed by atoms with Crippen LogP contribution in [0.25, 0.3) is 0 Å². The SMILES string of the molecule is COC(=O)C(C(=O)OC)[C@H]1CC[C@H](OC)ON1c1ccccc1. The zero-order valence-corrected chi connectivity index (χ0v) is 13.4. The van der Waals surface area contributed by atoms with Crippen LogP contribution in [0, 0.1) is 5.92 Å². The van der Waals surface area contributed by atoms with Gasteiger partial charge in [-0.1, -0.05) is 18.2 Å². The van der Waals surface area contributed by atoms with Crippen LogP contribution in [-0.4, -0.2) is 45.6 Å². The summed E-state index contributed by atoms with van der Waals surface area (Å²) in [6, 6.07) is 8.68. The Morgan fingerprint density at radius 3 is 2.22 bits per heavy atom. The summed E-state index contributed by atoms with van der Waals surface area (Å²) in [5, 5.41) is 1.54. The van der Waals surface area contributed by atoms with Crippen molar-refractivity contribution in [2.45, 2.75) is 25.2 Å². The molecule has 0 bridgehead atoms. The average Bonchev–Trinajstić information content (AvgIpc) is 2.62. The first-order chi connectivity index (χ1) is 11.1. The number of carbonyl (C=O) groups excluding carboxylic acids is 2. The number of ether oxygens (including phenoxy) is 3. The van der Waals surface area contributed by atoms with E-state index < -0.39 is 30.2 Å². The van der Waals surface area contributed by atoms with Crippen LogP contribution in [0.5, 0.6) is 0 Å². The lowest BCUT2D eigenvalue weighted by Crippen LogP contribution is -2.52. The number of benzene rings is 1. The third-order valence-electron chi connectivity index (χ3n) is 3.80. The van der Waals surface area contributed by atoms with Crippen molar-refractivity contribution in [2.24, 2.45) is 5.92 Å². The number of hydroxylamine groups is 1. The summed E-state index contributed by atoms with van der Waals surface area (Å²) in [7, 11) is 4.03. The van der Waals surface area contributed by atoms with Crippen molar-refractivity contribution in [3.05, 3.63) is 30.3 Å². The molecule has 2 rings (SSSR count). The molecule has 1 aromatic carbocycles. The molecule has 0 saturated carbocycles. The Morgan fingerprint density at radius 1 is 1.09 bits per heavy atom. The van der Waals surface area contributed by atoms with Crippen molar-refractivity contribution < 1.29 is 28.6 Å². The molecule has 1 aromatic rings. The third kappa shape index (κ3) is 3.80. The summed E-state index contributed by atoms with van der Waals surface area (Å²) in [5.41, 5.74) is 0.719. The van der Waals surface area contributed by atoms with Gasteiger partial charge in [-0.15, -0.1) is 0 Å². The Morgan fingerprint density at radius 2 is 1.70 bits per heavy atom. The largest absolute Gasteiger partial charge is 0.468 e. The molecule has 0 radical (unpaired) electrons. The van der Waals surface area contributed by atoms with Crippen LogP contribution in [0.2, 0.25) is 0 Å². The maximum atomic E-state index is 12.1. The number of carbonyl (C=O) groups is 2. The van der Waals surface area contributed by atoms with Gasteiger partial charge in [0.25, 0.3) is 0 Å². The van der Waals surface area contributed by atoms with Crippen molar-refractivity contribution >= 4 is 17.6 Å². The molecular formula is C16H21NO6. The first-order valence-corrected chi connectivity index (χ1v) is 7.31. The predicted molar refractivity (Wildman–Crippen MR) is 81.3 cm³/mol. The van der Waals surface area contributed by atoms with E-state index in [9.17, 15) is 9.59 Å². The van der Waals surface area contributed by atoms with E-state index in [1.54, 1.807) is 7.11 Å². The predicted octanol–water partition coefficient (Wildman–Crippen LogP) is 1.52. The average molecular weight is 323 g/mol. The third-order valence-corrected chi connectivity index (χ3v) is 3.80. The molecule has 0 spiro atoms. The summed E-state index contributed by atoms with van der Waals surface area (Å²) in [5.74, 6) is -2.40. The van der Waals surface area contributed by atoms with Crippen LogP contribution in [0.15, 0.2) is 30.3 Å². The van der Waals surface area contributed by atoms with E-state index in [4.69, 9.17) is 19.0 Å². The topological polar surface area (TPSA) is 74.3 Å². The Balaban J connectivity index is 2.35. The second kappa shape index (κ2) is 7.94. The van der Waals surface area contributed by atoms with Crippen molar-refractivity contribution in [3.8, 4) is 0 Å². The Labute approximate surface area is 135 Å². The molecule has 7 heteroatoms. The van der Waals surface area contributed by atoms with Crippen LogP contribution < -0.4 is 5.06 Å². The van der Waals surface area contributed by atoms with E-state index in [2.05, 4.69) is 0 Å². The lowest BCUT2D eigenvalue weighted by molar-refractivity contribution is -0.181. The van der Waals surface area contributed by atoms with Crippen LogP contribution in [0.1, 0.15) is 12.8 Å². The number of nitrogens with zero attached hydrogens (tertiary/aromatic N) is 1. The zero-order valence-electron chi connectivity index (χ0n) is 13.4. The van der Waals surface area contributed by atoms with Crippen LogP contribution >= 0.6 is 0 Å². The van der Waals surface area contributed by atoms with E-state index in [0.29, 0.717) is 12.8 Å². The summed E-state index contributed by atoms with van der Waals surface area (Å²) >= 11 is 0. The number of methoxy groups -OCH3 is 3. The van der Waals surface area contributed by atoms with Gasteiger partial charge in [-0.05, 0) is 18.6 Å². The van der Waals surface area contributed by atoms with Gasteiger partial charge in [0.1, 0.15) is 0 Å². The Hall–Kier alpha value is -2.12. The Bertz CT molecular complexity index is 519. The monoisotopic (exact) mass is 323 g/mol. The summed E-state index contributed by atoms with van der Waals surface area (Å²) in [6.45, 7) is 0. The summed E-state index contributed by atoms with van der Waals surface area (Å²) in [6.07, 6.45) is 0.625. The molecule has 126 valence electrons. The molecule has 0 amide bonds. The fourth-order valence-electron chi connectivity index (χ4n) is 2.64. The minimum Gasteiger partial charge on any atom is -0.468 e. The van der Waals surface area contributed by atoms with Crippen molar-refractivity contribution in [3.63, 3.8) is 0 Å². The van der Waals surface area contributed by atoms with Gasteiger partial charge in [-0.25, -0.2) is 9.90 Å². The van der Waals surface area contributed by atoms with Gasteiger partial charge in [-0.3, -0.25) is 9.59 Å². The normalized spacial score (nSPS) is 21.1. The second-order valence-electron chi connectivity index (χ2n) is 5.10. The zero-order chi connectivity index (χ0) is 16.8. The lowest BCUT2D eigenvalue weighted by atomic mass is 9.93. The molecule has 1 heterocycles. The number of anilines is 1. The summed E-state index contributed by atoms with van der Waals surface area (Å²) < 4.78 is 14.8. The minimum absolute atomic E-state index is 0.442. The molecule has 1 fully saturated rings. The molecule has 1 aliphatic heterocycles. The standard InChI is InChI=1S/C16H21NO6/c1-20-13-10-9-12(14(15(18)21-2)16(19)22-3)17(23-13)11-7-5-4-6-8-11/h4-8,12-14H,9-10H2,1-3H3/t12-,13-/m1/s1. The maximum absolute atomic E-state index is 12.1. The van der Waals surface area contributed by atoms with Crippen LogP contribution in [-0.2, 0) is 28.6 Å². The molecule has 7 nitrogen and oxygen atoms in total. The maximum Gasteiger partial charge on any atom is 0.322 e. The van der Waals surface area contributed by atoms with Gasteiger partial charge in [0.05, 0.1) is 25.9 Å². The quantitative estimate of drug-likeness (QED) is 0.601. The van der Waals surface area contributed by atoms with E-state index in [1.165, 1.54) is 19.3 Å². The highest BCUT2D eigenvalue weighted by Gasteiger charge is 2.44. The van der Waals surface area contributed by atoms with Gasteiger partial charge in [0, 0.05) is 13.5 Å². The number of para-hydroxylation sites is 1. The molecule has 1 aliphatic rings. The second-order valence-corrected chi connectivity index (χ2v) is 5.10. The molecule has 0 unspecified atom stereocenters. The van der Waals surface area contributed by atoms with Gasteiger partial charge < -0.3 is 14.2 Å². The molecule has 0 N–H and O–H groups in total. The Kier molecular flexibility index (Phi) is 5.95. The van der Waals surface area contributed by atoms with Gasteiger partial charge in [0.2, 0.25) is 0 Å².